The summed E-state index contributed by atoms with van der Waals surface area (Å²) in [7, 11) is 0. The second-order valence-corrected chi connectivity index (χ2v) is 7.50. The standard InChI is InChI=1S/C25H30N2O3/c1-19(29)25(30-24-10-6-3-7-11-24)27(17-21-8-4-2-5-9-21)23(18-28)16-20-12-14-22(26)15-13-20/h2-15,19,23,25,28-29H,16-18,26H2,1H3. The third-order valence-corrected chi connectivity index (χ3v) is 5.08. The number of hydrogen-bond acceptors (Lipinski definition) is 5. The maximum atomic E-state index is 10.6. The summed E-state index contributed by atoms with van der Waals surface area (Å²) in [5.74, 6) is 0.672. The van der Waals surface area contributed by atoms with E-state index in [4.69, 9.17) is 10.5 Å². The number of aliphatic hydroxyl groups excluding tert-OH is 2. The molecule has 3 atom stereocenters. The monoisotopic (exact) mass is 406 g/mol. The summed E-state index contributed by atoms with van der Waals surface area (Å²) in [6, 6.07) is 26.8. The van der Waals surface area contributed by atoms with Crippen LogP contribution in [0.3, 0.4) is 0 Å². The quantitative estimate of drug-likeness (QED) is 0.355. The van der Waals surface area contributed by atoms with Gasteiger partial charge in [-0.25, -0.2) is 0 Å². The van der Waals surface area contributed by atoms with E-state index in [-0.39, 0.29) is 12.6 Å². The summed E-state index contributed by atoms with van der Waals surface area (Å²) in [6.45, 7) is 2.17. The molecule has 0 saturated carbocycles. The van der Waals surface area contributed by atoms with Crippen LogP contribution in [0.4, 0.5) is 5.69 Å². The Kier molecular flexibility index (Phi) is 7.85. The minimum absolute atomic E-state index is 0.0709. The number of para-hydroxylation sites is 1. The molecule has 5 nitrogen and oxygen atoms in total. The number of hydrogen-bond donors (Lipinski definition) is 3. The van der Waals surface area contributed by atoms with E-state index in [0.29, 0.717) is 24.4 Å². The Bertz CT molecular complexity index is 870. The molecule has 30 heavy (non-hydrogen) atoms. The van der Waals surface area contributed by atoms with Gasteiger partial charge in [-0.1, -0.05) is 60.7 Å². The Morgan fingerprint density at radius 1 is 0.867 bits per heavy atom. The first-order chi connectivity index (χ1) is 14.6. The maximum absolute atomic E-state index is 10.6. The highest BCUT2D eigenvalue weighted by molar-refractivity contribution is 5.39. The number of nitrogen functional groups attached to an aromatic ring is 1. The van der Waals surface area contributed by atoms with Crippen LogP contribution in [0.1, 0.15) is 18.1 Å². The van der Waals surface area contributed by atoms with Crippen LogP contribution in [0.15, 0.2) is 84.9 Å². The topological polar surface area (TPSA) is 79.0 Å². The molecule has 3 aromatic carbocycles. The molecule has 0 aliphatic rings. The fourth-order valence-electron chi connectivity index (χ4n) is 3.52. The Balaban J connectivity index is 1.90. The molecule has 0 fully saturated rings. The molecule has 0 heterocycles. The number of anilines is 1. The molecule has 4 N–H and O–H groups in total. The number of benzene rings is 3. The van der Waals surface area contributed by atoms with Crippen LogP contribution in [0, 0.1) is 0 Å². The number of nitrogens with two attached hydrogens (primary N) is 1. The van der Waals surface area contributed by atoms with Gasteiger partial charge in [-0.15, -0.1) is 0 Å². The summed E-state index contributed by atoms with van der Waals surface area (Å²) in [6.07, 6.45) is -0.793. The van der Waals surface area contributed by atoms with Gasteiger partial charge < -0.3 is 20.7 Å². The van der Waals surface area contributed by atoms with Gasteiger partial charge >= 0.3 is 0 Å². The maximum Gasteiger partial charge on any atom is 0.179 e. The summed E-state index contributed by atoms with van der Waals surface area (Å²) in [5.41, 5.74) is 8.66. The van der Waals surface area contributed by atoms with Crippen molar-refractivity contribution in [2.45, 2.75) is 38.3 Å². The van der Waals surface area contributed by atoms with Crippen LogP contribution in [0.25, 0.3) is 0 Å². The van der Waals surface area contributed by atoms with Crippen molar-refractivity contribution >= 4 is 5.69 Å². The van der Waals surface area contributed by atoms with E-state index >= 15 is 0 Å². The van der Waals surface area contributed by atoms with Crippen LogP contribution >= 0.6 is 0 Å². The third-order valence-electron chi connectivity index (χ3n) is 5.08. The van der Waals surface area contributed by atoms with Gasteiger partial charge in [0.25, 0.3) is 0 Å². The summed E-state index contributed by atoms with van der Waals surface area (Å²) < 4.78 is 6.19. The number of nitrogens with zero attached hydrogens (tertiary/aromatic N) is 1. The second-order valence-electron chi connectivity index (χ2n) is 7.50. The zero-order valence-electron chi connectivity index (χ0n) is 17.3. The molecule has 3 unspecified atom stereocenters. The van der Waals surface area contributed by atoms with Crippen molar-refractivity contribution in [1.29, 1.82) is 0 Å². The lowest BCUT2D eigenvalue weighted by Gasteiger charge is -2.39. The summed E-state index contributed by atoms with van der Waals surface area (Å²) >= 11 is 0. The van der Waals surface area contributed by atoms with Crippen LogP contribution in [-0.2, 0) is 13.0 Å². The van der Waals surface area contributed by atoms with E-state index in [9.17, 15) is 10.2 Å². The van der Waals surface area contributed by atoms with Crippen molar-refractivity contribution < 1.29 is 14.9 Å². The van der Waals surface area contributed by atoms with Crippen LogP contribution in [0.2, 0.25) is 0 Å². The van der Waals surface area contributed by atoms with Crippen molar-refractivity contribution in [2.24, 2.45) is 0 Å². The molecule has 0 bridgehead atoms. The van der Waals surface area contributed by atoms with E-state index in [0.717, 1.165) is 11.1 Å². The predicted molar refractivity (Wildman–Crippen MR) is 120 cm³/mol. The van der Waals surface area contributed by atoms with Crippen molar-refractivity contribution in [2.75, 3.05) is 12.3 Å². The average Bonchev–Trinajstić information content (AvgIpc) is 2.77. The zero-order chi connectivity index (χ0) is 21.3. The first-order valence-corrected chi connectivity index (χ1v) is 10.2. The highest BCUT2D eigenvalue weighted by Gasteiger charge is 2.31. The van der Waals surface area contributed by atoms with Crippen LogP contribution in [0.5, 0.6) is 5.75 Å². The molecule has 0 saturated heterocycles. The number of ether oxygens (including phenoxy) is 1. The molecule has 3 aromatic rings. The molecule has 0 radical (unpaired) electrons. The van der Waals surface area contributed by atoms with Gasteiger partial charge in [0.05, 0.1) is 6.61 Å². The lowest BCUT2D eigenvalue weighted by atomic mass is 10.0. The summed E-state index contributed by atoms with van der Waals surface area (Å²) in [5, 5.41) is 20.9. The van der Waals surface area contributed by atoms with E-state index < -0.39 is 12.3 Å². The first kappa shape index (κ1) is 21.8. The van der Waals surface area contributed by atoms with Gasteiger partial charge in [0.1, 0.15) is 11.9 Å². The molecule has 3 rings (SSSR count). The smallest absolute Gasteiger partial charge is 0.179 e. The predicted octanol–water partition coefficient (Wildman–Crippen LogP) is 3.46. The first-order valence-electron chi connectivity index (χ1n) is 10.2. The Hall–Kier alpha value is -2.86. The van der Waals surface area contributed by atoms with Gasteiger partial charge in [0, 0.05) is 18.3 Å². The highest BCUT2D eigenvalue weighted by Crippen LogP contribution is 2.22. The minimum atomic E-state index is -0.769. The normalized spacial score (nSPS) is 14.3. The van der Waals surface area contributed by atoms with E-state index in [1.807, 2.05) is 89.8 Å². The number of aliphatic hydroxyl groups is 2. The van der Waals surface area contributed by atoms with Crippen molar-refractivity contribution in [3.8, 4) is 5.75 Å². The fourth-order valence-corrected chi connectivity index (χ4v) is 3.52. The van der Waals surface area contributed by atoms with Gasteiger partial charge in [0.15, 0.2) is 6.23 Å². The average molecular weight is 407 g/mol. The van der Waals surface area contributed by atoms with E-state index in [1.165, 1.54) is 0 Å². The van der Waals surface area contributed by atoms with Gasteiger partial charge in [-0.05, 0) is 48.7 Å². The minimum Gasteiger partial charge on any atom is -0.472 e. The molecule has 0 aliphatic heterocycles. The van der Waals surface area contributed by atoms with E-state index in [1.54, 1.807) is 6.92 Å². The SMILES string of the molecule is CC(O)C(Oc1ccccc1)N(Cc1ccccc1)C(CO)Cc1ccc(N)cc1. The van der Waals surface area contributed by atoms with Gasteiger partial charge in [-0.2, -0.15) is 0 Å². The fraction of sp³-hybridized carbons (Fsp3) is 0.280. The van der Waals surface area contributed by atoms with Gasteiger partial charge in [-0.3, -0.25) is 4.90 Å². The van der Waals surface area contributed by atoms with E-state index in [2.05, 4.69) is 0 Å². The lowest BCUT2D eigenvalue weighted by Crippen LogP contribution is -2.53. The molecule has 0 spiro atoms. The van der Waals surface area contributed by atoms with Gasteiger partial charge in [0.2, 0.25) is 0 Å². The Morgan fingerprint density at radius 2 is 1.47 bits per heavy atom. The highest BCUT2D eigenvalue weighted by atomic mass is 16.5. The molecular formula is C25H30N2O3. The third kappa shape index (κ3) is 6.07. The van der Waals surface area contributed by atoms with Crippen molar-refractivity contribution in [1.82, 2.24) is 4.90 Å². The van der Waals surface area contributed by atoms with Crippen LogP contribution < -0.4 is 10.5 Å². The molecule has 5 heteroatoms. The molecule has 158 valence electrons. The Labute approximate surface area is 178 Å². The van der Waals surface area contributed by atoms with Crippen LogP contribution in [-0.4, -0.2) is 40.1 Å². The largest absolute Gasteiger partial charge is 0.472 e. The second kappa shape index (κ2) is 10.8. The molecule has 0 aliphatic carbocycles. The molecular weight excluding hydrogens is 376 g/mol. The molecule has 0 aromatic heterocycles. The lowest BCUT2D eigenvalue weighted by molar-refractivity contribution is -0.0901. The Morgan fingerprint density at radius 3 is 2.03 bits per heavy atom. The summed E-state index contributed by atoms with van der Waals surface area (Å²) in [4.78, 5) is 2.03. The van der Waals surface area contributed by atoms with Crippen molar-refractivity contribution in [3.05, 3.63) is 96.1 Å². The zero-order valence-corrected chi connectivity index (χ0v) is 17.3. The number of rotatable bonds is 10. The molecule has 0 amide bonds. The van der Waals surface area contributed by atoms with Crippen molar-refractivity contribution in [3.63, 3.8) is 0 Å².